The number of aromatic nitrogens is 1. The van der Waals surface area contributed by atoms with Crippen molar-refractivity contribution in [3.63, 3.8) is 0 Å². The minimum absolute atomic E-state index is 0.0289. The van der Waals surface area contributed by atoms with Crippen LogP contribution < -0.4 is 26.4 Å². The van der Waals surface area contributed by atoms with Crippen LogP contribution in [0.2, 0.25) is 0 Å². The topological polar surface area (TPSA) is 38.0 Å². The summed E-state index contributed by atoms with van der Waals surface area (Å²) < 4.78 is 296. The zero-order valence-corrected chi connectivity index (χ0v) is 34.8. The molecule has 1 aromatic heterocycles. The third kappa shape index (κ3) is 8.16. The molecule has 0 atom stereocenters. The van der Waals surface area contributed by atoms with Gasteiger partial charge in [0.1, 0.15) is 52.7 Å². The molecule has 0 saturated heterocycles. The summed E-state index contributed by atoms with van der Waals surface area (Å²) in [6, 6.07) is 28.1. The number of nitrogens with zero attached hydrogens (tertiary/aromatic N) is 1. The van der Waals surface area contributed by atoms with Gasteiger partial charge in [0, 0.05) is 23.3 Å². The number of halogens is 20. The molecule has 0 aliphatic rings. The number of pyridine rings is 1. The van der Waals surface area contributed by atoms with Crippen molar-refractivity contribution in [2.75, 3.05) is 0 Å². The molecule has 8 rings (SSSR count). The summed E-state index contributed by atoms with van der Waals surface area (Å²) in [4.78, 5) is 25.9. The predicted molar refractivity (Wildman–Crippen MR) is 214 cm³/mol. The van der Waals surface area contributed by atoms with Gasteiger partial charge in [-0.2, -0.15) is 4.57 Å². The van der Waals surface area contributed by atoms with Crippen molar-refractivity contribution in [1.82, 2.24) is 0 Å². The van der Waals surface area contributed by atoms with Gasteiger partial charge in [-0.3, -0.25) is 9.59 Å². The van der Waals surface area contributed by atoms with Crippen LogP contribution in [0, 0.1) is 116 Å². The summed E-state index contributed by atoms with van der Waals surface area (Å²) in [5, 5.41) is 1.93. The standard InChI is InChI=1S/C24BF20.C24H18NO2/c26-5-1(6(27)14(35)21(42)13(5)34)25(2-7(28)15(36)22(43)16(37)8(2)29,3-9(30)17(38)23(44)18(39)10(3)31)4-11(32)19(40)24(45)20(41)12(4)33;26-23(19-10-2-1-3-11-19)17-25-16-7-6-15-22(25)24(27)21-14-8-12-18-9-4-5-13-20(18)21/h;1-16H,17H2/q-1;+1. The van der Waals surface area contributed by atoms with Gasteiger partial charge in [-0.15, -0.1) is 21.9 Å². The van der Waals surface area contributed by atoms with Gasteiger partial charge in [0.05, 0.1) is 0 Å². The minimum Gasteiger partial charge on any atom is -0.287 e. The maximum Gasteiger partial charge on any atom is 0.257 e. The quantitative estimate of drug-likeness (QED) is 0.0361. The second-order valence-electron chi connectivity index (χ2n) is 15.2. The molecule has 8 aromatic rings. The highest BCUT2D eigenvalue weighted by atomic mass is 19.2. The molecule has 0 radical (unpaired) electrons. The zero-order chi connectivity index (χ0) is 53.0. The fourth-order valence-corrected chi connectivity index (χ4v) is 8.13. The lowest BCUT2D eigenvalue weighted by atomic mass is 9.12. The number of hydrogen-bond acceptors (Lipinski definition) is 2. The van der Waals surface area contributed by atoms with E-state index in [0.29, 0.717) is 16.8 Å². The first kappa shape index (κ1) is 51.8. The number of ketones is 2. The summed E-state index contributed by atoms with van der Waals surface area (Å²) in [5.74, 6) is -71.5. The van der Waals surface area contributed by atoms with E-state index in [1.54, 1.807) is 29.0 Å². The molecule has 0 amide bonds. The Morgan fingerprint density at radius 2 is 0.667 bits per heavy atom. The van der Waals surface area contributed by atoms with Crippen LogP contribution >= 0.6 is 0 Å². The van der Waals surface area contributed by atoms with Gasteiger partial charge in [-0.25, -0.2) is 87.8 Å². The van der Waals surface area contributed by atoms with Crippen LogP contribution in [0.4, 0.5) is 87.8 Å². The lowest BCUT2D eigenvalue weighted by Gasteiger charge is -2.44. The van der Waals surface area contributed by atoms with Crippen molar-refractivity contribution < 1.29 is 102 Å². The summed E-state index contributed by atoms with van der Waals surface area (Å²) in [7, 11) is 0. The van der Waals surface area contributed by atoms with Crippen molar-refractivity contribution in [3.8, 4) is 0 Å². The van der Waals surface area contributed by atoms with Gasteiger partial charge < -0.3 is 0 Å². The van der Waals surface area contributed by atoms with Gasteiger partial charge in [0.15, 0.2) is 76.0 Å². The maximum absolute atomic E-state index is 15.4. The van der Waals surface area contributed by atoms with Crippen molar-refractivity contribution in [3.05, 3.63) is 230 Å². The Morgan fingerprint density at radius 3 is 1.06 bits per heavy atom. The average Bonchev–Trinajstić information content (AvgIpc) is 3.38. The van der Waals surface area contributed by atoms with E-state index in [0.717, 1.165) is 10.8 Å². The lowest BCUT2D eigenvalue weighted by Crippen LogP contribution is -2.81. The van der Waals surface area contributed by atoms with E-state index in [9.17, 15) is 62.3 Å². The molecule has 3 nitrogen and oxygen atoms in total. The van der Waals surface area contributed by atoms with Crippen molar-refractivity contribution in [2.45, 2.75) is 6.54 Å². The largest absolute Gasteiger partial charge is 0.287 e. The molecule has 24 heteroatoms. The van der Waals surface area contributed by atoms with Crippen LogP contribution in [0.15, 0.2) is 97.2 Å². The van der Waals surface area contributed by atoms with Gasteiger partial charge in [-0.05, 0) is 16.8 Å². The number of fused-ring (bicyclic) bond motifs is 1. The Hall–Kier alpha value is -8.05. The van der Waals surface area contributed by atoms with Crippen LogP contribution in [-0.4, -0.2) is 17.7 Å². The SMILES string of the molecule is Fc1c(F)c(F)c([B-](c2c(F)c(F)c(F)c(F)c2F)(c2c(F)c(F)c(F)c(F)c2F)c2c(F)c(F)c(F)c(F)c2F)c(F)c1F.O=C(C[n+]1ccccc1C(=O)c1cccc2ccccc12)c1ccccc1. The Labute approximate surface area is 388 Å². The summed E-state index contributed by atoms with van der Waals surface area (Å²) in [6.45, 7) is 0.122. The van der Waals surface area contributed by atoms with Crippen molar-refractivity contribution in [2.24, 2.45) is 0 Å². The van der Waals surface area contributed by atoms with Crippen LogP contribution in [0.3, 0.4) is 0 Å². The van der Waals surface area contributed by atoms with Crippen LogP contribution in [0.5, 0.6) is 0 Å². The molecular formula is C48H18BF20NO2. The second-order valence-corrected chi connectivity index (χ2v) is 15.2. The van der Waals surface area contributed by atoms with Crippen molar-refractivity contribution >= 4 is 50.3 Å². The number of Topliss-reactive ketones (excluding diaryl/α,β-unsaturated/α-hetero) is 1. The molecule has 0 saturated carbocycles. The molecule has 1 heterocycles. The maximum atomic E-state index is 15.4. The molecule has 0 unspecified atom stereocenters. The average molecular weight is 1030 g/mol. The van der Waals surface area contributed by atoms with E-state index in [-0.39, 0.29) is 18.1 Å². The molecule has 0 fully saturated rings. The van der Waals surface area contributed by atoms with Crippen LogP contribution in [0.25, 0.3) is 10.8 Å². The number of carbonyl (C=O) groups excluding carboxylic acids is 2. The van der Waals surface area contributed by atoms with Crippen LogP contribution in [0.1, 0.15) is 26.4 Å². The van der Waals surface area contributed by atoms with E-state index in [4.69, 9.17) is 0 Å². The Morgan fingerprint density at radius 1 is 0.347 bits per heavy atom. The van der Waals surface area contributed by atoms with E-state index >= 15 is 35.1 Å². The fraction of sp³-hybridized carbons (Fsp3) is 0.0208. The molecule has 7 aromatic carbocycles. The second kappa shape index (κ2) is 19.6. The normalized spacial score (nSPS) is 11.5. The van der Waals surface area contributed by atoms with Crippen LogP contribution in [-0.2, 0) is 6.54 Å². The zero-order valence-electron chi connectivity index (χ0n) is 34.8. The third-order valence-corrected chi connectivity index (χ3v) is 11.3. The smallest absolute Gasteiger partial charge is 0.257 e. The van der Waals surface area contributed by atoms with Gasteiger partial charge in [-0.1, -0.05) is 72.8 Å². The van der Waals surface area contributed by atoms with Crippen molar-refractivity contribution in [1.29, 1.82) is 0 Å². The Kier molecular flexibility index (Phi) is 14.1. The molecule has 72 heavy (non-hydrogen) atoms. The monoisotopic (exact) mass is 1030 g/mol. The Balaban J connectivity index is 0.000000238. The summed E-state index contributed by atoms with van der Waals surface area (Å²) in [5.41, 5.74) is -12.6. The Bertz CT molecular complexity index is 3170. The van der Waals surface area contributed by atoms with E-state index in [2.05, 4.69) is 0 Å². The fourth-order valence-electron chi connectivity index (χ4n) is 8.13. The minimum atomic E-state index is -7.22. The molecular weight excluding hydrogens is 1010 g/mol. The summed E-state index contributed by atoms with van der Waals surface area (Å²) in [6.07, 6.45) is -5.44. The molecule has 0 aliphatic carbocycles. The molecule has 0 aliphatic heterocycles. The highest BCUT2D eigenvalue weighted by Gasteiger charge is 2.52. The highest BCUT2D eigenvalue weighted by Crippen LogP contribution is 2.31. The first-order chi connectivity index (χ1) is 33.9. The lowest BCUT2D eigenvalue weighted by molar-refractivity contribution is -0.684. The number of carbonyl (C=O) groups is 2. The molecule has 0 bridgehead atoms. The first-order valence-corrected chi connectivity index (χ1v) is 19.8. The van der Waals surface area contributed by atoms with Gasteiger partial charge in [0.25, 0.3) is 11.5 Å². The van der Waals surface area contributed by atoms with E-state index in [1.807, 2.05) is 72.8 Å². The number of benzene rings is 7. The predicted octanol–water partition coefficient (Wildman–Crippen LogP) is 10.1. The van der Waals surface area contributed by atoms with E-state index in [1.165, 1.54) is 0 Å². The van der Waals surface area contributed by atoms with Gasteiger partial charge in [0.2, 0.25) is 12.3 Å². The molecule has 370 valence electrons. The van der Waals surface area contributed by atoms with Gasteiger partial charge >= 0.3 is 0 Å². The molecule has 0 N–H and O–H groups in total. The first-order valence-electron chi connectivity index (χ1n) is 19.8. The summed E-state index contributed by atoms with van der Waals surface area (Å²) >= 11 is 0. The number of hydrogen-bond donors (Lipinski definition) is 0. The number of rotatable bonds is 9. The molecule has 0 spiro atoms. The highest BCUT2D eigenvalue weighted by molar-refractivity contribution is 7.20. The van der Waals surface area contributed by atoms with E-state index < -0.39 is 144 Å². The third-order valence-electron chi connectivity index (χ3n) is 11.3.